The van der Waals surface area contributed by atoms with Gasteiger partial charge in [0, 0.05) is 39.8 Å². The lowest BCUT2D eigenvalue weighted by atomic mass is 10.2. The molecule has 5 aromatic rings. The average molecular weight is 512 g/mol. The molecule has 1 heterocycles. The number of halogens is 2. The first-order chi connectivity index (χ1) is 18.1. The van der Waals surface area contributed by atoms with Crippen molar-refractivity contribution in [1.82, 2.24) is 9.99 Å². The summed E-state index contributed by atoms with van der Waals surface area (Å²) in [5, 5.41) is 5.81. The first kappa shape index (κ1) is 24.3. The zero-order chi connectivity index (χ0) is 25.6. The number of nitrogens with zero attached hydrogens (tertiary/aromatic N) is 2. The Morgan fingerprint density at radius 1 is 0.946 bits per heavy atom. The largest absolute Gasteiger partial charge is 0.488 e. The molecule has 184 valence electrons. The molecule has 1 aromatic heterocycles. The van der Waals surface area contributed by atoms with Gasteiger partial charge < -0.3 is 9.30 Å². The molecule has 0 aliphatic rings. The lowest BCUT2D eigenvalue weighted by molar-refractivity contribution is 0.0950. The highest BCUT2D eigenvalue weighted by atomic mass is 35.5. The predicted molar refractivity (Wildman–Crippen MR) is 145 cm³/mol. The van der Waals surface area contributed by atoms with Crippen molar-refractivity contribution in [2.75, 3.05) is 0 Å². The predicted octanol–water partition coefficient (Wildman–Crippen LogP) is 6.83. The number of carbonyl (C=O) groups excluding carboxylic acids is 1. The highest BCUT2D eigenvalue weighted by Crippen LogP contribution is 2.23. The zero-order valence-electron chi connectivity index (χ0n) is 19.8. The summed E-state index contributed by atoms with van der Waals surface area (Å²) in [6.45, 7) is 0.817. The third-order valence-electron chi connectivity index (χ3n) is 5.93. The maximum absolute atomic E-state index is 13.3. The van der Waals surface area contributed by atoms with Crippen LogP contribution in [-0.4, -0.2) is 16.7 Å². The molecule has 0 radical (unpaired) electrons. The fourth-order valence-corrected chi connectivity index (χ4v) is 4.26. The Morgan fingerprint density at radius 2 is 1.68 bits per heavy atom. The van der Waals surface area contributed by atoms with Crippen LogP contribution in [0.3, 0.4) is 0 Å². The van der Waals surface area contributed by atoms with Crippen molar-refractivity contribution in [2.45, 2.75) is 13.2 Å². The number of hydrazone groups is 1. The van der Waals surface area contributed by atoms with Gasteiger partial charge in [-0.2, -0.15) is 5.10 Å². The van der Waals surface area contributed by atoms with Crippen LogP contribution in [0.25, 0.3) is 10.9 Å². The Labute approximate surface area is 218 Å². The van der Waals surface area contributed by atoms with E-state index in [0.717, 1.165) is 27.6 Å². The third kappa shape index (κ3) is 5.71. The monoisotopic (exact) mass is 511 g/mol. The number of benzene rings is 4. The molecule has 4 aromatic carbocycles. The molecule has 5 nitrogen and oxygen atoms in total. The number of ether oxygens (including phenoxy) is 1. The van der Waals surface area contributed by atoms with Crippen LogP contribution in [0.1, 0.15) is 27.0 Å². The number of nitrogens with one attached hydrogen (secondary N) is 1. The Kier molecular flexibility index (Phi) is 7.28. The van der Waals surface area contributed by atoms with E-state index in [9.17, 15) is 9.18 Å². The summed E-state index contributed by atoms with van der Waals surface area (Å²) in [7, 11) is 0. The smallest absolute Gasteiger partial charge is 0.275 e. The molecule has 0 spiro atoms. The fraction of sp³-hybridized carbons (Fsp3) is 0.0667. The van der Waals surface area contributed by atoms with Gasteiger partial charge in [-0.1, -0.05) is 72.3 Å². The van der Waals surface area contributed by atoms with E-state index in [-0.39, 0.29) is 18.3 Å². The maximum Gasteiger partial charge on any atom is 0.275 e. The fourth-order valence-electron chi connectivity index (χ4n) is 4.07. The van der Waals surface area contributed by atoms with Crippen LogP contribution in [0.4, 0.5) is 4.39 Å². The topological polar surface area (TPSA) is 55.6 Å². The first-order valence-corrected chi connectivity index (χ1v) is 12.1. The lowest BCUT2D eigenvalue weighted by Crippen LogP contribution is -2.18. The molecular weight excluding hydrogens is 489 g/mol. The van der Waals surface area contributed by atoms with Gasteiger partial charge in [0.1, 0.15) is 18.2 Å². The van der Waals surface area contributed by atoms with Gasteiger partial charge in [0.15, 0.2) is 0 Å². The second kappa shape index (κ2) is 11.1. The Morgan fingerprint density at radius 3 is 2.51 bits per heavy atom. The number of hydrogen-bond donors (Lipinski definition) is 1. The number of amides is 1. The van der Waals surface area contributed by atoms with Crippen LogP contribution in [0.15, 0.2) is 108 Å². The summed E-state index contributed by atoms with van der Waals surface area (Å²) < 4.78 is 21.3. The van der Waals surface area contributed by atoms with Crippen LogP contribution in [0.2, 0.25) is 5.02 Å². The molecule has 0 saturated heterocycles. The van der Waals surface area contributed by atoms with E-state index in [0.29, 0.717) is 22.9 Å². The van der Waals surface area contributed by atoms with Crippen molar-refractivity contribution >= 4 is 34.6 Å². The molecule has 5 rings (SSSR count). The van der Waals surface area contributed by atoms with Crippen molar-refractivity contribution in [2.24, 2.45) is 5.10 Å². The van der Waals surface area contributed by atoms with E-state index in [1.165, 1.54) is 12.1 Å². The van der Waals surface area contributed by atoms with Gasteiger partial charge in [-0.3, -0.25) is 4.79 Å². The minimum absolute atomic E-state index is 0.237. The van der Waals surface area contributed by atoms with Gasteiger partial charge in [-0.15, -0.1) is 0 Å². The van der Waals surface area contributed by atoms with E-state index in [1.807, 2.05) is 48.7 Å². The maximum atomic E-state index is 13.3. The SMILES string of the molecule is O=C(N/N=C/c1cn(Cc2ccc(F)cc2)c2ccccc12)c1ccccc1OCc1ccccc1Cl. The zero-order valence-corrected chi connectivity index (χ0v) is 20.5. The van der Waals surface area contributed by atoms with E-state index in [2.05, 4.69) is 15.1 Å². The van der Waals surface area contributed by atoms with E-state index in [1.54, 1.807) is 48.7 Å². The van der Waals surface area contributed by atoms with Crippen LogP contribution < -0.4 is 10.2 Å². The number of rotatable bonds is 8. The molecule has 0 aliphatic carbocycles. The van der Waals surface area contributed by atoms with E-state index < -0.39 is 0 Å². The van der Waals surface area contributed by atoms with Crippen LogP contribution in [0, 0.1) is 5.82 Å². The molecule has 0 bridgehead atoms. The van der Waals surface area contributed by atoms with Gasteiger partial charge in [-0.25, -0.2) is 9.82 Å². The quantitative estimate of drug-likeness (QED) is 0.183. The highest BCUT2D eigenvalue weighted by Gasteiger charge is 2.13. The number of fused-ring (bicyclic) bond motifs is 1. The highest BCUT2D eigenvalue weighted by molar-refractivity contribution is 6.31. The van der Waals surface area contributed by atoms with Gasteiger partial charge in [0.2, 0.25) is 0 Å². The summed E-state index contributed by atoms with van der Waals surface area (Å²) >= 11 is 6.22. The van der Waals surface area contributed by atoms with Gasteiger partial charge in [0.25, 0.3) is 5.91 Å². The molecular formula is C30H23ClFN3O2. The normalized spacial score (nSPS) is 11.2. The van der Waals surface area contributed by atoms with Crippen LogP contribution in [-0.2, 0) is 13.2 Å². The minimum atomic E-state index is -0.388. The lowest BCUT2D eigenvalue weighted by Gasteiger charge is -2.11. The van der Waals surface area contributed by atoms with Crippen LogP contribution >= 0.6 is 11.6 Å². The molecule has 1 N–H and O–H groups in total. The second-order valence-electron chi connectivity index (χ2n) is 8.43. The van der Waals surface area contributed by atoms with Crippen molar-refractivity contribution in [3.8, 4) is 5.75 Å². The number of aromatic nitrogens is 1. The molecule has 0 aliphatic heterocycles. The number of hydrogen-bond acceptors (Lipinski definition) is 3. The van der Waals surface area contributed by atoms with Gasteiger partial charge in [-0.05, 0) is 42.0 Å². The number of para-hydroxylation sites is 2. The molecule has 0 unspecified atom stereocenters. The van der Waals surface area contributed by atoms with Gasteiger partial charge >= 0.3 is 0 Å². The third-order valence-corrected chi connectivity index (χ3v) is 6.30. The van der Waals surface area contributed by atoms with Crippen molar-refractivity contribution < 1.29 is 13.9 Å². The first-order valence-electron chi connectivity index (χ1n) is 11.7. The van der Waals surface area contributed by atoms with Crippen LogP contribution in [0.5, 0.6) is 5.75 Å². The molecule has 0 saturated carbocycles. The summed E-state index contributed by atoms with van der Waals surface area (Å²) in [6.07, 6.45) is 3.58. The summed E-state index contributed by atoms with van der Waals surface area (Å²) in [5.41, 5.74) is 6.63. The summed E-state index contributed by atoms with van der Waals surface area (Å²) in [4.78, 5) is 12.9. The molecule has 0 fully saturated rings. The Balaban J connectivity index is 1.31. The van der Waals surface area contributed by atoms with Crippen molar-refractivity contribution in [1.29, 1.82) is 0 Å². The second-order valence-corrected chi connectivity index (χ2v) is 8.84. The van der Waals surface area contributed by atoms with E-state index >= 15 is 0 Å². The van der Waals surface area contributed by atoms with Crippen molar-refractivity contribution in [3.05, 3.63) is 136 Å². The Hall–Kier alpha value is -4.42. The minimum Gasteiger partial charge on any atom is -0.488 e. The summed E-state index contributed by atoms with van der Waals surface area (Å²) in [6, 6.07) is 28.8. The molecule has 1 amide bonds. The molecule has 7 heteroatoms. The molecule has 0 atom stereocenters. The van der Waals surface area contributed by atoms with E-state index in [4.69, 9.17) is 16.3 Å². The van der Waals surface area contributed by atoms with Gasteiger partial charge in [0.05, 0.1) is 11.8 Å². The number of carbonyl (C=O) groups is 1. The standard InChI is InChI=1S/C30H23ClFN3O2/c31-27-10-4-1-7-22(27)20-37-29-12-6-3-9-26(29)30(36)34-33-17-23-19-35(28-11-5-2-8-25(23)28)18-21-13-15-24(32)16-14-21/h1-17,19H,18,20H2,(H,34,36)/b33-17+. The average Bonchev–Trinajstić information content (AvgIpc) is 3.27. The Bertz CT molecular complexity index is 1580. The summed E-state index contributed by atoms with van der Waals surface area (Å²) in [5.74, 6) is -0.215. The van der Waals surface area contributed by atoms with Crippen molar-refractivity contribution in [3.63, 3.8) is 0 Å². The molecule has 37 heavy (non-hydrogen) atoms.